The summed E-state index contributed by atoms with van der Waals surface area (Å²) in [6, 6.07) is 11.9. The molecule has 16 heavy (non-hydrogen) atoms. The van der Waals surface area contributed by atoms with E-state index in [9.17, 15) is 0 Å². The molecule has 78 valence electrons. The zero-order valence-corrected chi connectivity index (χ0v) is 9.09. The second-order valence-electron chi connectivity index (χ2n) is 3.42. The van der Waals surface area contributed by atoms with E-state index in [1.807, 2.05) is 47.2 Å². The number of nitrogens with zero attached hydrogens (tertiary/aromatic N) is 3. The van der Waals surface area contributed by atoms with Crippen LogP contribution in [0.3, 0.4) is 0 Å². The summed E-state index contributed by atoms with van der Waals surface area (Å²) < 4.78 is 1.98. The quantitative estimate of drug-likeness (QED) is 0.601. The molecule has 3 rings (SSSR count). The van der Waals surface area contributed by atoms with Gasteiger partial charge in [0, 0.05) is 11.9 Å². The van der Waals surface area contributed by atoms with Gasteiger partial charge in [0.1, 0.15) is 11.8 Å². The molecular weight excluding hydrogens is 222 g/mol. The first-order valence-electron chi connectivity index (χ1n) is 4.89. The van der Waals surface area contributed by atoms with Crippen LogP contribution in [0.2, 0.25) is 5.15 Å². The lowest BCUT2D eigenvalue weighted by Gasteiger charge is -2.04. The Morgan fingerprint density at radius 2 is 1.81 bits per heavy atom. The highest BCUT2D eigenvalue weighted by Crippen LogP contribution is 2.23. The van der Waals surface area contributed by atoms with E-state index in [4.69, 9.17) is 11.6 Å². The van der Waals surface area contributed by atoms with E-state index in [2.05, 4.69) is 9.97 Å². The van der Waals surface area contributed by atoms with Crippen molar-refractivity contribution in [3.05, 3.63) is 54.1 Å². The van der Waals surface area contributed by atoms with E-state index < -0.39 is 0 Å². The van der Waals surface area contributed by atoms with Crippen molar-refractivity contribution in [1.82, 2.24) is 14.5 Å². The van der Waals surface area contributed by atoms with E-state index in [1.54, 1.807) is 0 Å². The molecular formula is C12H8ClN3. The van der Waals surface area contributed by atoms with Crippen LogP contribution in [0.5, 0.6) is 0 Å². The standard InChI is InChI=1S/C12H8ClN3/c13-12-11-10(14-8-15-12)6-7-16(11)9-4-2-1-3-5-9/h1-8H. The van der Waals surface area contributed by atoms with Crippen LogP contribution in [-0.4, -0.2) is 14.5 Å². The molecule has 2 aromatic heterocycles. The largest absolute Gasteiger partial charge is 0.313 e. The van der Waals surface area contributed by atoms with Gasteiger partial charge in [-0.25, -0.2) is 9.97 Å². The molecule has 1 aromatic carbocycles. The molecule has 0 amide bonds. The molecule has 0 aliphatic carbocycles. The Balaban J connectivity index is 2.33. The van der Waals surface area contributed by atoms with Gasteiger partial charge in [0.25, 0.3) is 0 Å². The van der Waals surface area contributed by atoms with Crippen molar-refractivity contribution in [2.24, 2.45) is 0 Å². The predicted molar refractivity (Wildman–Crippen MR) is 63.9 cm³/mol. The third-order valence-corrected chi connectivity index (χ3v) is 2.74. The van der Waals surface area contributed by atoms with Gasteiger partial charge in [0.05, 0.1) is 5.52 Å². The van der Waals surface area contributed by atoms with Crippen LogP contribution >= 0.6 is 11.6 Å². The van der Waals surface area contributed by atoms with Crippen LogP contribution < -0.4 is 0 Å². The number of aromatic nitrogens is 3. The molecule has 0 saturated carbocycles. The summed E-state index contributed by atoms with van der Waals surface area (Å²) in [6.07, 6.45) is 3.42. The molecule has 0 radical (unpaired) electrons. The van der Waals surface area contributed by atoms with Gasteiger partial charge in [0.2, 0.25) is 0 Å². The topological polar surface area (TPSA) is 30.7 Å². The summed E-state index contributed by atoms with van der Waals surface area (Å²) in [4.78, 5) is 8.17. The minimum absolute atomic E-state index is 0.471. The van der Waals surface area contributed by atoms with Crippen LogP contribution in [0.4, 0.5) is 0 Å². The van der Waals surface area contributed by atoms with E-state index in [0.717, 1.165) is 16.7 Å². The first-order valence-corrected chi connectivity index (χ1v) is 5.27. The van der Waals surface area contributed by atoms with Gasteiger partial charge in [-0.15, -0.1) is 0 Å². The molecule has 0 spiro atoms. The van der Waals surface area contributed by atoms with Crippen LogP contribution in [0, 0.1) is 0 Å². The van der Waals surface area contributed by atoms with Gasteiger partial charge in [-0.05, 0) is 18.2 Å². The average Bonchev–Trinajstić information content (AvgIpc) is 2.75. The van der Waals surface area contributed by atoms with Crippen LogP contribution in [-0.2, 0) is 0 Å². The number of halogens is 1. The Morgan fingerprint density at radius 3 is 2.62 bits per heavy atom. The molecule has 4 heteroatoms. The summed E-state index contributed by atoms with van der Waals surface area (Å²) in [5, 5.41) is 0.471. The van der Waals surface area contributed by atoms with Gasteiger partial charge in [-0.1, -0.05) is 29.8 Å². The molecule has 3 nitrogen and oxygen atoms in total. The molecule has 0 aliphatic rings. The van der Waals surface area contributed by atoms with Crippen molar-refractivity contribution in [3.63, 3.8) is 0 Å². The summed E-state index contributed by atoms with van der Waals surface area (Å²) >= 11 is 6.08. The summed E-state index contributed by atoms with van der Waals surface area (Å²) in [5.74, 6) is 0. The summed E-state index contributed by atoms with van der Waals surface area (Å²) in [5.41, 5.74) is 2.74. The number of rotatable bonds is 1. The maximum Gasteiger partial charge on any atom is 0.157 e. The molecule has 0 bridgehead atoms. The number of fused-ring (bicyclic) bond motifs is 1. The highest BCUT2D eigenvalue weighted by Gasteiger charge is 2.07. The lowest BCUT2D eigenvalue weighted by atomic mass is 10.3. The van der Waals surface area contributed by atoms with Gasteiger partial charge in [-0.3, -0.25) is 0 Å². The Labute approximate surface area is 97.3 Å². The fraction of sp³-hybridized carbons (Fsp3) is 0. The van der Waals surface area contributed by atoms with Crippen molar-refractivity contribution in [2.45, 2.75) is 0 Å². The van der Waals surface area contributed by atoms with Crippen molar-refractivity contribution in [1.29, 1.82) is 0 Å². The number of hydrogen-bond acceptors (Lipinski definition) is 2. The van der Waals surface area contributed by atoms with Crippen LogP contribution in [0.15, 0.2) is 48.9 Å². The summed E-state index contributed by atoms with van der Waals surface area (Å²) in [6.45, 7) is 0. The van der Waals surface area contributed by atoms with Crippen molar-refractivity contribution in [2.75, 3.05) is 0 Å². The van der Waals surface area contributed by atoms with Gasteiger partial charge < -0.3 is 4.57 Å². The van der Waals surface area contributed by atoms with E-state index >= 15 is 0 Å². The molecule has 0 aliphatic heterocycles. The highest BCUT2D eigenvalue weighted by molar-refractivity contribution is 6.33. The average molecular weight is 230 g/mol. The third-order valence-electron chi connectivity index (χ3n) is 2.46. The normalized spacial score (nSPS) is 10.8. The zero-order valence-electron chi connectivity index (χ0n) is 8.34. The zero-order chi connectivity index (χ0) is 11.0. The maximum absolute atomic E-state index is 6.08. The Morgan fingerprint density at radius 1 is 1.00 bits per heavy atom. The first-order chi connectivity index (χ1) is 7.86. The van der Waals surface area contributed by atoms with Crippen molar-refractivity contribution < 1.29 is 0 Å². The maximum atomic E-state index is 6.08. The van der Waals surface area contributed by atoms with Gasteiger partial charge in [-0.2, -0.15) is 0 Å². The first kappa shape index (κ1) is 9.36. The fourth-order valence-electron chi connectivity index (χ4n) is 1.74. The van der Waals surface area contributed by atoms with Crippen molar-refractivity contribution >= 4 is 22.6 Å². The minimum Gasteiger partial charge on any atom is -0.313 e. The Kier molecular flexibility index (Phi) is 2.11. The van der Waals surface area contributed by atoms with Gasteiger partial charge >= 0.3 is 0 Å². The molecule has 0 N–H and O–H groups in total. The monoisotopic (exact) mass is 229 g/mol. The Bertz CT molecular complexity index is 631. The molecule has 0 fully saturated rings. The fourth-order valence-corrected chi connectivity index (χ4v) is 1.97. The second-order valence-corrected chi connectivity index (χ2v) is 3.78. The second kappa shape index (κ2) is 3.61. The Hall–Kier alpha value is -1.87. The smallest absolute Gasteiger partial charge is 0.157 e. The highest BCUT2D eigenvalue weighted by atomic mass is 35.5. The van der Waals surface area contributed by atoms with Crippen LogP contribution in [0.1, 0.15) is 0 Å². The van der Waals surface area contributed by atoms with Crippen molar-refractivity contribution in [3.8, 4) is 5.69 Å². The number of benzene rings is 1. The predicted octanol–water partition coefficient (Wildman–Crippen LogP) is 3.07. The molecule has 2 heterocycles. The third kappa shape index (κ3) is 1.37. The van der Waals surface area contributed by atoms with E-state index in [-0.39, 0.29) is 0 Å². The molecule has 3 aromatic rings. The van der Waals surface area contributed by atoms with E-state index in [1.165, 1.54) is 6.33 Å². The van der Waals surface area contributed by atoms with E-state index in [0.29, 0.717) is 5.15 Å². The number of para-hydroxylation sites is 1. The molecule has 0 atom stereocenters. The summed E-state index contributed by atoms with van der Waals surface area (Å²) in [7, 11) is 0. The SMILES string of the molecule is Clc1ncnc2ccn(-c3ccccc3)c12. The molecule has 0 unspecified atom stereocenters. The number of hydrogen-bond donors (Lipinski definition) is 0. The lowest BCUT2D eigenvalue weighted by Crippen LogP contribution is -1.93. The van der Waals surface area contributed by atoms with Crippen LogP contribution in [0.25, 0.3) is 16.7 Å². The lowest BCUT2D eigenvalue weighted by molar-refractivity contribution is 1.11. The molecule has 0 saturated heterocycles. The van der Waals surface area contributed by atoms with Gasteiger partial charge in [0.15, 0.2) is 5.15 Å². The minimum atomic E-state index is 0.471.